The van der Waals surface area contributed by atoms with Gasteiger partial charge in [0.1, 0.15) is 0 Å². The Balaban J connectivity index is 2.18. The summed E-state index contributed by atoms with van der Waals surface area (Å²) in [7, 11) is 0. The highest BCUT2D eigenvalue weighted by molar-refractivity contribution is 5.97. The van der Waals surface area contributed by atoms with Crippen molar-refractivity contribution < 1.29 is 22.8 Å². The first-order valence-corrected chi connectivity index (χ1v) is 9.03. The lowest BCUT2D eigenvalue weighted by atomic mass is 9.96. The SMILES string of the molecule is CC(C)(C)C(=O)NCC(=O)Nc1cc(C(F)(F)F)ccc1N1CCCCC1. The lowest BCUT2D eigenvalue weighted by Gasteiger charge is -2.31. The molecule has 5 nitrogen and oxygen atoms in total. The van der Waals surface area contributed by atoms with Crippen LogP contribution in [0.2, 0.25) is 0 Å². The number of hydrogen-bond donors (Lipinski definition) is 2. The highest BCUT2D eigenvalue weighted by Gasteiger charge is 2.32. The molecule has 0 aliphatic carbocycles. The maximum absolute atomic E-state index is 13.1. The smallest absolute Gasteiger partial charge is 0.370 e. The molecule has 1 aromatic carbocycles. The molecule has 0 bridgehead atoms. The van der Waals surface area contributed by atoms with Gasteiger partial charge in [0.2, 0.25) is 11.8 Å². The minimum atomic E-state index is -4.50. The van der Waals surface area contributed by atoms with Crippen molar-refractivity contribution in [1.29, 1.82) is 0 Å². The van der Waals surface area contributed by atoms with Crippen LogP contribution in [0.5, 0.6) is 0 Å². The van der Waals surface area contributed by atoms with E-state index < -0.39 is 23.1 Å². The van der Waals surface area contributed by atoms with Crippen molar-refractivity contribution in [2.45, 2.75) is 46.2 Å². The third-order valence-corrected chi connectivity index (χ3v) is 4.39. The molecule has 0 saturated carbocycles. The molecule has 1 heterocycles. The molecule has 1 aromatic rings. The van der Waals surface area contributed by atoms with Gasteiger partial charge >= 0.3 is 6.18 Å². The largest absolute Gasteiger partial charge is 0.416 e. The summed E-state index contributed by atoms with van der Waals surface area (Å²) in [5.74, 6) is -0.872. The molecule has 1 fully saturated rings. The van der Waals surface area contributed by atoms with Gasteiger partial charge in [0.15, 0.2) is 0 Å². The predicted molar refractivity (Wildman–Crippen MR) is 98.6 cm³/mol. The van der Waals surface area contributed by atoms with Crippen LogP contribution in [0.4, 0.5) is 24.5 Å². The van der Waals surface area contributed by atoms with E-state index in [0.29, 0.717) is 5.69 Å². The fraction of sp³-hybridized carbons (Fsp3) is 0.579. The summed E-state index contributed by atoms with van der Waals surface area (Å²) >= 11 is 0. The summed E-state index contributed by atoms with van der Waals surface area (Å²) in [4.78, 5) is 26.1. The number of anilines is 2. The van der Waals surface area contributed by atoms with Gasteiger partial charge in [-0.15, -0.1) is 0 Å². The first-order valence-electron chi connectivity index (χ1n) is 9.03. The number of alkyl halides is 3. The molecule has 2 amide bonds. The van der Waals surface area contributed by atoms with Crippen LogP contribution in [0.3, 0.4) is 0 Å². The Kier molecular flexibility index (Phi) is 6.38. The molecule has 0 atom stereocenters. The predicted octanol–water partition coefficient (Wildman–Crippen LogP) is 3.80. The Hall–Kier alpha value is -2.25. The number of nitrogens with one attached hydrogen (secondary N) is 2. The molecule has 1 aliphatic rings. The van der Waals surface area contributed by atoms with E-state index in [0.717, 1.165) is 44.5 Å². The number of rotatable bonds is 4. The Labute approximate surface area is 157 Å². The fourth-order valence-electron chi connectivity index (χ4n) is 2.84. The van der Waals surface area contributed by atoms with E-state index in [2.05, 4.69) is 10.6 Å². The molecule has 2 rings (SSSR count). The lowest BCUT2D eigenvalue weighted by molar-refractivity contribution is -0.137. The second-order valence-corrected chi connectivity index (χ2v) is 7.76. The molecule has 0 radical (unpaired) electrons. The summed E-state index contributed by atoms with van der Waals surface area (Å²) < 4.78 is 39.2. The van der Waals surface area contributed by atoms with Crippen LogP contribution in [0.25, 0.3) is 0 Å². The third kappa shape index (κ3) is 5.87. The normalized spacial score (nSPS) is 15.4. The summed E-state index contributed by atoms with van der Waals surface area (Å²) in [5.41, 5.74) is -0.799. The Morgan fingerprint density at radius 3 is 2.26 bits per heavy atom. The summed E-state index contributed by atoms with van der Waals surface area (Å²) in [6.07, 6.45) is -1.51. The van der Waals surface area contributed by atoms with Crippen LogP contribution in [0, 0.1) is 5.41 Å². The molecule has 1 saturated heterocycles. The number of carbonyl (C=O) groups excluding carboxylic acids is 2. The summed E-state index contributed by atoms with van der Waals surface area (Å²) in [6.45, 7) is 6.29. The second kappa shape index (κ2) is 8.19. The number of nitrogens with zero attached hydrogens (tertiary/aromatic N) is 1. The number of benzene rings is 1. The van der Waals surface area contributed by atoms with Gasteiger partial charge in [-0.25, -0.2) is 0 Å². The molecular weight excluding hydrogens is 359 g/mol. The molecule has 0 spiro atoms. The number of piperidine rings is 1. The van der Waals surface area contributed by atoms with E-state index in [-0.39, 0.29) is 18.1 Å². The maximum Gasteiger partial charge on any atom is 0.416 e. The van der Waals surface area contributed by atoms with Gasteiger partial charge in [-0.3, -0.25) is 9.59 Å². The number of halogens is 3. The van der Waals surface area contributed by atoms with Gasteiger partial charge in [-0.1, -0.05) is 20.8 Å². The van der Waals surface area contributed by atoms with Crippen molar-refractivity contribution in [2.24, 2.45) is 5.41 Å². The summed E-state index contributed by atoms with van der Waals surface area (Å²) in [6, 6.07) is 3.38. The van der Waals surface area contributed by atoms with Crippen LogP contribution in [0.1, 0.15) is 45.6 Å². The molecule has 0 aromatic heterocycles. The average molecular weight is 385 g/mol. The van der Waals surface area contributed by atoms with E-state index in [1.807, 2.05) is 4.90 Å². The fourth-order valence-corrected chi connectivity index (χ4v) is 2.84. The Morgan fingerprint density at radius 2 is 1.70 bits per heavy atom. The molecule has 1 aliphatic heterocycles. The van der Waals surface area contributed by atoms with Crippen molar-refractivity contribution in [3.63, 3.8) is 0 Å². The van der Waals surface area contributed by atoms with E-state index in [9.17, 15) is 22.8 Å². The first-order chi connectivity index (χ1) is 12.5. The van der Waals surface area contributed by atoms with Crippen molar-refractivity contribution in [3.05, 3.63) is 23.8 Å². The molecule has 27 heavy (non-hydrogen) atoms. The number of hydrogen-bond acceptors (Lipinski definition) is 3. The van der Waals surface area contributed by atoms with Gasteiger partial charge in [0, 0.05) is 18.5 Å². The number of carbonyl (C=O) groups is 2. The van der Waals surface area contributed by atoms with Crippen molar-refractivity contribution in [1.82, 2.24) is 5.32 Å². The third-order valence-electron chi connectivity index (χ3n) is 4.39. The molecular formula is C19H26F3N3O2. The van der Waals surface area contributed by atoms with Crippen LogP contribution < -0.4 is 15.5 Å². The van der Waals surface area contributed by atoms with Crippen LogP contribution in [-0.2, 0) is 15.8 Å². The van der Waals surface area contributed by atoms with Crippen molar-refractivity contribution in [2.75, 3.05) is 29.9 Å². The van der Waals surface area contributed by atoms with E-state index >= 15 is 0 Å². The molecule has 150 valence electrons. The first kappa shape index (κ1) is 21.1. The Bertz CT molecular complexity index is 690. The average Bonchev–Trinajstić information content (AvgIpc) is 2.58. The van der Waals surface area contributed by atoms with Crippen LogP contribution in [-0.4, -0.2) is 31.4 Å². The maximum atomic E-state index is 13.1. The zero-order chi connectivity index (χ0) is 20.2. The monoisotopic (exact) mass is 385 g/mol. The van der Waals surface area contributed by atoms with E-state index in [1.54, 1.807) is 20.8 Å². The highest BCUT2D eigenvalue weighted by atomic mass is 19.4. The van der Waals surface area contributed by atoms with Crippen LogP contribution in [0.15, 0.2) is 18.2 Å². The Morgan fingerprint density at radius 1 is 1.07 bits per heavy atom. The zero-order valence-corrected chi connectivity index (χ0v) is 15.9. The van der Waals surface area contributed by atoms with E-state index in [4.69, 9.17) is 0 Å². The topological polar surface area (TPSA) is 61.4 Å². The highest BCUT2D eigenvalue weighted by Crippen LogP contribution is 2.36. The zero-order valence-electron chi connectivity index (χ0n) is 15.9. The van der Waals surface area contributed by atoms with Crippen molar-refractivity contribution in [3.8, 4) is 0 Å². The van der Waals surface area contributed by atoms with Gasteiger partial charge in [0.05, 0.1) is 23.5 Å². The number of amides is 2. The van der Waals surface area contributed by atoms with Gasteiger partial charge in [-0.2, -0.15) is 13.2 Å². The lowest BCUT2D eigenvalue weighted by Crippen LogP contribution is -2.39. The molecule has 0 unspecified atom stereocenters. The second-order valence-electron chi connectivity index (χ2n) is 7.76. The van der Waals surface area contributed by atoms with Gasteiger partial charge in [-0.05, 0) is 37.5 Å². The van der Waals surface area contributed by atoms with Crippen molar-refractivity contribution >= 4 is 23.2 Å². The van der Waals surface area contributed by atoms with Gasteiger partial charge < -0.3 is 15.5 Å². The van der Waals surface area contributed by atoms with Crippen LogP contribution >= 0.6 is 0 Å². The van der Waals surface area contributed by atoms with Gasteiger partial charge in [0.25, 0.3) is 0 Å². The minimum Gasteiger partial charge on any atom is -0.370 e. The summed E-state index contributed by atoms with van der Waals surface area (Å²) in [5, 5.41) is 5.03. The standard InChI is InChI=1S/C19H26F3N3O2/c1-18(2,3)17(27)23-12-16(26)24-14-11-13(19(20,21)22)7-8-15(14)25-9-5-4-6-10-25/h7-8,11H,4-6,9-10,12H2,1-3H3,(H,23,27)(H,24,26). The quantitative estimate of drug-likeness (QED) is 0.829. The molecule has 2 N–H and O–H groups in total. The van der Waals surface area contributed by atoms with E-state index in [1.165, 1.54) is 6.07 Å². The minimum absolute atomic E-state index is 0.113. The molecule has 8 heteroatoms.